The predicted molar refractivity (Wildman–Crippen MR) is 115 cm³/mol. The molecule has 31 heavy (non-hydrogen) atoms. The van der Waals surface area contributed by atoms with E-state index in [-0.39, 0.29) is 17.4 Å². The quantitative estimate of drug-likeness (QED) is 0.281. The van der Waals surface area contributed by atoms with Crippen LogP contribution in [0.25, 0.3) is 22.8 Å². The van der Waals surface area contributed by atoms with E-state index in [1.807, 2.05) is 0 Å². The number of nitrogens with zero attached hydrogens (tertiary/aromatic N) is 3. The summed E-state index contributed by atoms with van der Waals surface area (Å²) >= 11 is 0. The maximum absolute atomic E-state index is 11.5. The molecular formula is C21H24N4O6. The first-order valence-electron chi connectivity index (χ1n) is 9.69. The fourth-order valence-electron chi connectivity index (χ4n) is 3.03. The van der Waals surface area contributed by atoms with Gasteiger partial charge in [0.25, 0.3) is 11.6 Å². The fraction of sp³-hybridized carbons (Fsp3) is 0.333. The molecule has 1 aromatic heterocycles. The van der Waals surface area contributed by atoms with Gasteiger partial charge in [-0.1, -0.05) is 18.5 Å². The van der Waals surface area contributed by atoms with E-state index in [0.29, 0.717) is 40.6 Å². The molecule has 0 fully saturated rings. The van der Waals surface area contributed by atoms with Crippen LogP contribution in [-0.4, -0.2) is 42.9 Å². The van der Waals surface area contributed by atoms with Crippen LogP contribution in [0.5, 0.6) is 17.2 Å². The number of nitrogens with one attached hydrogen (secondary N) is 1. The number of rotatable bonds is 10. The lowest BCUT2D eigenvalue weighted by molar-refractivity contribution is -0.383. The number of methoxy groups -OCH3 is 3. The van der Waals surface area contributed by atoms with Crippen molar-refractivity contribution in [3.63, 3.8) is 0 Å². The number of anilines is 1. The first kappa shape index (κ1) is 21.9. The lowest BCUT2D eigenvalue weighted by Crippen LogP contribution is -2.04. The van der Waals surface area contributed by atoms with E-state index in [9.17, 15) is 10.1 Å². The lowest BCUT2D eigenvalue weighted by Gasteiger charge is -2.12. The van der Waals surface area contributed by atoms with Crippen LogP contribution in [-0.2, 0) is 0 Å². The minimum absolute atomic E-state index is 0.0545. The number of ether oxygens (including phenoxy) is 3. The molecule has 0 amide bonds. The molecule has 0 bridgehead atoms. The lowest BCUT2D eigenvalue weighted by atomic mass is 10.1. The van der Waals surface area contributed by atoms with Gasteiger partial charge in [0.2, 0.25) is 11.6 Å². The molecule has 10 heteroatoms. The summed E-state index contributed by atoms with van der Waals surface area (Å²) in [6.45, 7) is 2.71. The molecule has 0 aliphatic rings. The number of hydrogen-bond donors (Lipinski definition) is 1. The minimum atomic E-state index is -0.436. The number of benzene rings is 2. The van der Waals surface area contributed by atoms with Gasteiger partial charge in [0.05, 0.1) is 26.3 Å². The summed E-state index contributed by atoms with van der Waals surface area (Å²) in [5.41, 5.74) is 1.42. The minimum Gasteiger partial charge on any atom is -0.493 e. The number of aromatic nitrogens is 2. The third-order valence-electron chi connectivity index (χ3n) is 4.64. The van der Waals surface area contributed by atoms with Gasteiger partial charge in [0.1, 0.15) is 5.69 Å². The van der Waals surface area contributed by atoms with Crippen molar-refractivity contribution in [2.75, 3.05) is 33.2 Å². The van der Waals surface area contributed by atoms with Crippen molar-refractivity contribution in [3.05, 3.63) is 40.4 Å². The highest BCUT2D eigenvalue weighted by molar-refractivity contribution is 5.71. The molecule has 0 aliphatic carbocycles. The number of unbranched alkanes of at least 4 members (excludes halogenated alkanes) is 1. The second-order valence-corrected chi connectivity index (χ2v) is 6.61. The Hall–Kier alpha value is -3.82. The summed E-state index contributed by atoms with van der Waals surface area (Å²) in [5, 5.41) is 18.6. The Balaban J connectivity index is 1.95. The van der Waals surface area contributed by atoms with Gasteiger partial charge in [-0.25, -0.2) is 0 Å². The molecule has 3 rings (SSSR count). The average molecular weight is 428 g/mol. The number of hydrogen-bond acceptors (Lipinski definition) is 9. The third kappa shape index (κ3) is 4.68. The molecule has 2 aromatic carbocycles. The highest BCUT2D eigenvalue weighted by atomic mass is 16.6. The van der Waals surface area contributed by atoms with Gasteiger partial charge >= 0.3 is 0 Å². The molecule has 1 heterocycles. The van der Waals surface area contributed by atoms with E-state index in [1.54, 1.807) is 24.3 Å². The second-order valence-electron chi connectivity index (χ2n) is 6.61. The Bertz CT molecular complexity index is 1040. The van der Waals surface area contributed by atoms with E-state index in [2.05, 4.69) is 22.4 Å². The highest BCUT2D eigenvalue weighted by Crippen LogP contribution is 2.41. The van der Waals surface area contributed by atoms with Crippen LogP contribution in [0.15, 0.2) is 34.9 Å². The van der Waals surface area contributed by atoms with E-state index in [1.165, 1.54) is 27.4 Å². The van der Waals surface area contributed by atoms with Gasteiger partial charge in [-0.2, -0.15) is 4.98 Å². The van der Waals surface area contributed by atoms with Gasteiger partial charge in [-0.3, -0.25) is 10.1 Å². The van der Waals surface area contributed by atoms with Crippen LogP contribution in [0.4, 0.5) is 11.4 Å². The molecule has 3 aromatic rings. The van der Waals surface area contributed by atoms with Crippen LogP contribution >= 0.6 is 0 Å². The van der Waals surface area contributed by atoms with Crippen molar-refractivity contribution >= 4 is 11.4 Å². The van der Waals surface area contributed by atoms with Crippen molar-refractivity contribution in [1.29, 1.82) is 0 Å². The average Bonchev–Trinajstić information content (AvgIpc) is 3.28. The summed E-state index contributed by atoms with van der Waals surface area (Å²) in [6.07, 6.45) is 1.91. The van der Waals surface area contributed by atoms with Gasteiger partial charge in [-0.15, -0.1) is 0 Å². The van der Waals surface area contributed by atoms with E-state index >= 15 is 0 Å². The molecule has 164 valence electrons. The van der Waals surface area contributed by atoms with Crippen LogP contribution in [0.2, 0.25) is 0 Å². The molecule has 0 saturated heterocycles. The largest absolute Gasteiger partial charge is 0.493 e. The van der Waals surface area contributed by atoms with Crippen LogP contribution in [0.3, 0.4) is 0 Å². The van der Waals surface area contributed by atoms with Gasteiger partial charge in [0, 0.05) is 23.7 Å². The van der Waals surface area contributed by atoms with Gasteiger partial charge in [0.15, 0.2) is 11.5 Å². The third-order valence-corrected chi connectivity index (χ3v) is 4.64. The zero-order valence-corrected chi connectivity index (χ0v) is 17.8. The Kier molecular flexibility index (Phi) is 6.91. The number of nitro benzene ring substituents is 1. The van der Waals surface area contributed by atoms with Gasteiger partial charge in [-0.05, 0) is 30.7 Å². The SMILES string of the molecule is CCCCNc1ccc(-c2nc(-c3cc(OC)c(OC)c(OC)c3)no2)cc1[N+](=O)[O-]. The van der Waals surface area contributed by atoms with Crippen molar-refractivity contribution in [2.24, 2.45) is 0 Å². The smallest absolute Gasteiger partial charge is 0.293 e. The summed E-state index contributed by atoms with van der Waals surface area (Å²) in [5.74, 6) is 1.77. The molecule has 0 saturated carbocycles. The second kappa shape index (κ2) is 9.79. The summed E-state index contributed by atoms with van der Waals surface area (Å²) < 4.78 is 21.4. The van der Waals surface area contributed by atoms with Crippen LogP contribution < -0.4 is 19.5 Å². The fourth-order valence-corrected chi connectivity index (χ4v) is 3.03. The summed E-state index contributed by atoms with van der Waals surface area (Å²) in [7, 11) is 4.54. The molecule has 0 atom stereocenters. The molecule has 0 radical (unpaired) electrons. The Morgan fingerprint density at radius 2 is 1.77 bits per heavy atom. The van der Waals surface area contributed by atoms with E-state index in [4.69, 9.17) is 18.7 Å². The Morgan fingerprint density at radius 1 is 1.06 bits per heavy atom. The zero-order valence-electron chi connectivity index (χ0n) is 17.8. The summed E-state index contributed by atoms with van der Waals surface area (Å²) in [4.78, 5) is 15.5. The van der Waals surface area contributed by atoms with Crippen LogP contribution in [0, 0.1) is 10.1 Å². The Morgan fingerprint density at radius 3 is 2.35 bits per heavy atom. The molecule has 0 unspecified atom stereocenters. The normalized spacial score (nSPS) is 10.6. The summed E-state index contributed by atoms with van der Waals surface area (Å²) in [6, 6.07) is 8.15. The maximum Gasteiger partial charge on any atom is 0.293 e. The Labute approximate surface area is 179 Å². The van der Waals surface area contributed by atoms with E-state index < -0.39 is 4.92 Å². The molecule has 0 aliphatic heterocycles. The number of nitro groups is 1. The standard InChI is InChI=1S/C21H24N4O6/c1-5-6-9-22-15-8-7-13(10-16(15)25(26)27)21-23-20(24-31-21)14-11-17(28-2)19(30-4)18(12-14)29-3/h7-8,10-12,22H,5-6,9H2,1-4H3. The molecule has 10 nitrogen and oxygen atoms in total. The van der Waals surface area contributed by atoms with Gasteiger partial charge < -0.3 is 24.1 Å². The zero-order chi connectivity index (χ0) is 22.4. The van der Waals surface area contributed by atoms with Crippen molar-refractivity contribution < 1.29 is 23.7 Å². The molecule has 0 spiro atoms. The van der Waals surface area contributed by atoms with Crippen LogP contribution in [0.1, 0.15) is 19.8 Å². The monoisotopic (exact) mass is 428 g/mol. The molecular weight excluding hydrogens is 404 g/mol. The van der Waals surface area contributed by atoms with Crippen molar-refractivity contribution in [1.82, 2.24) is 10.1 Å². The maximum atomic E-state index is 11.5. The van der Waals surface area contributed by atoms with Crippen molar-refractivity contribution in [2.45, 2.75) is 19.8 Å². The van der Waals surface area contributed by atoms with Crippen molar-refractivity contribution in [3.8, 4) is 40.1 Å². The first-order chi connectivity index (χ1) is 15.0. The predicted octanol–water partition coefficient (Wildman–Crippen LogP) is 4.55. The molecule has 1 N–H and O–H groups in total. The van der Waals surface area contributed by atoms with E-state index in [0.717, 1.165) is 12.8 Å². The highest BCUT2D eigenvalue weighted by Gasteiger charge is 2.20. The topological polar surface area (TPSA) is 122 Å². The first-order valence-corrected chi connectivity index (χ1v) is 9.69.